The number of hydrogen-bond donors (Lipinski definition) is 2. The van der Waals surface area contributed by atoms with Gasteiger partial charge in [0.25, 0.3) is 0 Å². The van der Waals surface area contributed by atoms with Crippen molar-refractivity contribution in [2.24, 2.45) is 5.84 Å². The summed E-state index contributed by atoms with van der Waals surface area (Å²) in [5.74, 6) is 5.04. The van der Waals surface area contributed by atoms with Gasteiger partial charge in [-0.05, 0) is 6.42 Å². The number of hydrazine groups is 1. The van der Waals surface area contributed by atoms with Gasteiger partial charge >= 0.3 is 6.03 Å². The molecule has 2 amide bonds. The van der Waals surface area contributed by atoms with Crippen molar-refractivity contribution in [2.45, 2.75) is 19.4 Å². The van der Waals surface area contributed by atoms with E-state index in [-0.39, 0.29) is 12.1 Å². The van der Waals surface area contributed by atoms with Crippen LogP contribution < -0.4 is 11.3 Å². The Labute approximate surface area is 71.8 Å². The first-order chi connectivity index (χ1) is 5.79. The summed E-state index contributed by atoms with van der Waals surface area (Å²) >= 11 is 0. The van der Waals surface area contributed by atoms with Crippen molar-refractivity contribution in [2.75, 3.05) is 19.8 Å². The van der Waals surface area contributed by atoms with Crippen LogP contribution in [0.1, 0.15) is 13.3 Å². The summed E-state index contributed by atoms with van der Waals surface area (Å²) < 4.78 is 5.24. The lowest BCUT2D eigenvalue weighted by Crippen LogP contribution is -2.53. The zero-order valence-corrected chi connectivity index (χ0v) is 7.25. The summed E-state index contributed by atoms with van der Waals surface area (Å²) in [6.45, 7) is 3.87. The first kappa shape index (κ1) is 9.28. The number of morpholine rings is 1. The van der Waals surface area contributed by atoms with Gasteiger partial charge in [0.05, 0.1) is 19.3 Å². The normalized spacial score (nSPS) is 23.8. The standard InChI is InChI=1S/C7H15N3O2/c1-2-6-5-12-4-3-10(6)7(11)9-8/h6H,2-5,8H2,1H3,(H,9,11). The number of carbonyl (C=O) groups is 1. The van der Waals surface area contributed by atoms with Crippen LogP contribution in [0.2, 0.25) is 0 Å². The summed E-state index contributed by atoms with van der Waals surface area (Å²) in [6.07, 6.45) is 0.896. The number of nitrogens with two attached hydrogens (primary N) is 1. The zero-order chi connectivity index (χ0) is 8.97. The van der Waals surface area contributed by atoms with Crippen LogP contribution in [0, 0.1) is 0 Å². The Hall–Kier alpha value is -0.810. The van der Waals surface area contributed by atoms with E-state index in [1.165, 1.54) is 0 Å². The molecule has 0 radical (unpaired) electrons. The number of nitrogens with zero attached hydrogens (tertiary/aromatic N) is 1. The van der Waals surface area contributed by atoms with Crippen LogP contribution in [0.5, 0.6) is 0 Å². The van der Waals surface area contributed by atoms with Crippen LogP contribution in [-0.2, 0) is 4.74 Å². The lowest BCUT2D eigenvalue weighted by molar-refractivity contribution is 0.0113. The molecule has 70 valence electrons. The topological polar surface area (TPSA) is 67.6 Å². The van der Waals surface area contributed by atoms with Gasteiger partial charge in [0.15, 0.2) is 0 Å². The van der Waals surface area contributed by atoms with E-state index in [0.29, 0.717) is 19.8 Å². The number of urea groups is 1. The molecule has 0 aromatic heterocycles. The zero-order valence-electron chi connectivity index (χ0n) is 7.25. The monoisotopic (exact) mass is 173 g/mol. The Bertz CT molecular complexity index is 163. The third-order valence-corrected chi connectivity index (χ3v) is 2.08. The van der Waals surface area contributed by atoms with Gasteiger partial charge in [0.1, 0.15) is 0 Å². The first-order valence-corrected chi connectivity index (χ1v) is 4.14. The van der Waals surface area contributed by atoms with Crippen LogP contribution >= 0.6 is 0 Å². The summed E-state index contributed by atoms with van der Waals surface area (Å²) in [5, 5.41) is 0. The fourth-order valence-corrected chi connectivity index (χ4v) is 1.34. The van der Waals surface area contributed by atoms with Crippen molar-refractivity contribution in [1.82, 2.24) is 10.3 Å². The van der Waals surface area contributed by atoms with Gasteiger partial charge < -0.3 is 9.64 Å². The van der Waals surface area contributed by atoms with Crippen molar-refractivity contribution in [3.63, 3.8) is 0 Å². The van der Waals surface area contributed by atoms with Gasteiger partial charge in [-0.2, -0.15) is 0 Å². The molecule has 0 aromatic carbocycles. The third kappa shape index (κ3) is 1.86. The molecule has 1 aliphatic rings. The quantitative estimate of drug-likeness (QED) is 0.324. The van der Waals surface area contributed by atoms with E-state index >= 15 is 0 Å². The molecule has 1 unspecified atom stereocenters. The highest BCUT2D eigenvalue weighted by Crippen LogP contribution is 2.09. The van der Waals surface area contributed by atoms with Crippen LogP contribution in [0.25, 0.3) is 0 Å². The Morgan fingerprint density at radius 3 is 3.17 bits per heavy atom. The van der Waals surface area contributed by atoms with E-state index < -0.39 is 0 Å². The van der Waals surface area contributed by atoms with E-state index in [4.69, 9.17) is 10.6 Å². The Morgan fingerprint density at radius 2 is 2.58 bits per heavy atom. The van der Waals surface area contributed by atoms with Crippen molar-refractivity contribution in [3.05, 3.63) is 0 Å². The smallest absolute Gasteiger partial charge is 0.331 e. The molecule has 3 N–H and O–H groups in total. The summed E-state index contributed by atoms with van der Waals surface area (Å²) in [7, 11) is 0. The Kier molecular flexibility index (Phi) is 3.31. The van der Waals surface area contributed by atoms with Crippen molar-refractivity contribution < 1.29 is 9.53 Å². The van der Waals surface area contributed by atoms with Gasteiger partial charge in [-0.15, -0.1) is 0 Å². The lowest BCUT2D eigenvalue weighted by atomic mass is 10.2. The van der Waals surface area contributed by atoms with Crippen LogP contribution in [-0.4, -0.2) is 36.7 Å². The number of nitrogens with one attached hydrogen (secondary N) is 1. The van der Waals surface area contributed by atoms with E-state index in [0.717, 1.165) is 6.42 Å². The molecule has 1 atom stereocenters. The number of hydrogen-bond acceptors (Lipinski definition) is 3. The molecule has 1 fully saturated rings. The van der Waals surface area contributed by atoms with Crippen LogP contribution in [0.3, 0.4) is 0 Å². The number of amides is 2. The van der Waals surface area contributed by atoms with Gasteiger partial charge in [0.2, 0.25) is 0 Å². The minimum Gasteiger partial charge on any atom is -0.377 e. The Balaban J connectivity index is 2.52. The average Bonchev–Trinajstić information content (AvgIpc) is 2.16. The molecular weight excluding hydrogens is 158 g/mol. The molecule has 0 spiro atoms. The predicted octanol–water partition coefficient (Wildman–Crippen LogP) is -0.319. The predicted molar refractivity (Wildman–Crippen MR) is 44.3 cm³/mol. The molecule has 0 saturated carbocycles. The van der Waals surface area contributed by atoms with Crippen LogP contribution in [0.15, 0.2) is 0 Å². The largest absolute Gasteiger partial charge is 0.377 e. The summed E-state index contributed by atoms with van der Waals surface area (Å²) in [6, 6.07) is -0.0487. The highest BCUT2D eigenvalue weighted by atomic mass is 16.5. The maximum absolute atomic E-state index is 11.2. The number of carbonyl (C=O) groups excluding carboxylic acids is 1. The molecule has 5 nitrogen and oxygen atoms in total. The molecule has 0 aliphatic carbocycles. The van der Waals surface area contributed by atoms with Crippen molar-refractivity contribution in [1.29, 1.82) is 0 Å². The molecule has 1 rings (SSSR count). The molecule has 0 aromatic rings. The second-order valence-corrected chi connectivity index (χ2v) is 2.78. The van der Waals surface area contributed by atoms with Gasteiger partial charge in [-0.1, -0.05) is 6.92 Å². The van der Waals surface area contributed by atoms with Crippen molar-refractivity contribution in [3.8, 4) is 0 Å². The van der Waals surface area contributed by atoms with E-state index in [9.17, 15) is 4.79 Å². The molecule has 0 bridgehead atoms. The number of ether oxygens (including phenoxy) is 1. The molecule has 1 heterocycles. The van der Waals surface area contributed by atoms with Gasteiger partial charge in [-0.25, -0.2) is 10.6 Å². The second kappa shape index (κ2) is 4.27. The highest BCUT2D eigenvalue weighted by Gasteiger charge is 2.24. The average molecular weight is 173 g/mol. The lowest BCUT2D eigenvalue weighted by Gasteiger charge is -2.34. The SMILES string of the molecule is CCC1COCCN1C(=O)NN. The highest BCUT2D eigenvalue weighted by molar-refractivity contribution is 5.73. The maximum Gasteiger partial charge on any atom is 0.331 e. The van der Waals surface area contributed by atoms with Gasteiger partial charge in [0, 0.05) is 6.54 Å². The molecular formula is C7H15N3O2. The fourth-order valence-electron chi connectivity index (χ4n) is 1.34. The fraction of sp³-hybridized carbons (Fsp3) is 0.857. The van der Waals surface area contributed by atoms with Crippen molar-refractivity contribution >= 4 is 6.03 Å². The van der Waals surface area contributed by atoms with E-state index in [1.807, 2.05) is 6.92 Å². The molecule has 12 heavy (non-hydrogen) atoms. The maximum atomic E-state index is 11.2. The minimum atomic E-state index is -0.217. The molecule has 1 aliphatic heterocycles. The summed E-state index contributed by atoms with van der Waals surface area (Å²) in [4.78, 5) is 12.9. The van der Waals surface area contributed by atoms with E-state index in [1.54, 1.807) is 4.90 Å². The number of rotatable bonds is 1. The van der Waals surface area contributed by atoms with Crippen LogP contribution in [0.4, 0.5) is 4.79 Å². The first-order valence-electron chi connectivity index (χ1n) is 4.14. The minimum absolute atomic E-state index is 0.169. The summed E-state index contributed by atoms with van der Waals surface area (Å²) in [5.41, 5.74) is 2.13. The molecule has 1 saturated heterocycles. The van der Waals surface area contributed by atoms with E-state index in [2.05, 4.69) is 5.43 Å². The molecule has 5 heteroatoms. The second-order valence-electron chi connectivity index (χ2n) is 2.78. The van der Waals surface area contributed by atoms with Gasteiger partial charge in [-0.3, -0.25) is 5.43 Å². The third-order valence-electron chi connectivity index (χ3n) is 2.08. The Morgan fingerprint density at radius 1 is 1.83 bits per heavy atom.